The van der Waals surface area contributed by atoms with E-state index in [1.165, 1.54) is 4.90 Å². The van der Waals surface area contributed by atoms with Crippen molar-refractivity contribution >= 4 is 46.7 Å². The number of rotatable bonds is 9. The van der Waals surface area contributed by atoms with Crippen LogP contribution in [-0.2, 0) is 16.0 Å². The molecule has 3 amide bonds. The fourth-order valence-corrected chi connectivity index (χ4v) is 4.82. The Morgan fingerprint density at radius 2 is 1.49 bits per heavy atom. The molecule has 0 saturated heterocycles. The van der Waals surface area contributed by atoms with Gasteiger partial charge in [-0.1, -0.05) is 72.8 Å². The number of carbonyl (C=O) groups excluding carboxylic acids is 3. The standard InChI is InChI=1S/C35H33N5O3/c1-24-36-31(23-26-18-20-28(21-19-26)39(2)3)35(43)40(24)32-17-11-10-16-29(32)37-34(42)30(22-25-12-6-4-7-13-25)38-33(41)27-14-8-5-9-15-27/h4-21,23,30H,22H2,1-3H3,(H,37,42)(H,38,41)/b31-23-. The number of nitrogens with zero attached hydrogens (tertiary/aromatic N) is 3. The number of hydrogen-bond donors (Lipinski definition) is 2. The quantitative estimate of drug-likeness (QED) is 0.258. The first-order valence-electron chi connectivity index (χ1n) is 14.0. The van der Waals surface area contributed by atoms with E-state index < -0.39 is 11.9 Å². The van der Waals surface area contributed by atoms with Gasteiger partial charge in [0.15, 0.2) is 0 Å². The smallest absolute Gasteiger partial charge is 0.282 e. The summed E-state index contributed by atoms with van der Waals surface area (Å²) in [4.78, 5) is 48.4. The van der Waals surface area contributed by atoms with Crippen LogP contribution in [0.5, 0.6) is 0 Å². The molecule has 0 spiro atoms. The van der Waals surface area contributed by atoms with E-state index in [-0.39, 0.29) is 18.2 Å². The van der Waals surface area contributed by atoms with Crippen molar-refractivity contribution in [3.05, 3.63) is 132 Å². The third-order valence-electron chi connectivity index (χ3n) is 7.08. The maximum Gasteiger partial charge on any atom is 0.282 e. The highest BCUT2D eigenvalue weighted by molar-refractivity contribution is 6.29. The fourth-order valence-electron chi connectivity index (χ4n) is 4.82. The van der Waals surface area contributed by atoms with E-state index in [1.807, 2.05) is 79.7 Å². The van der Waals surface area contributed by atoms with Gasteiger partial charge in [-0.05, 0) is 60.5 Å². The summed E-state index contributed by atoms with van der Waals surface area (Å²) in [6, 6.07) is 32.3. The maximum atomic E-state index is 13.7. The summed E-state index contributed by atoms with van der Waals surface area (Å²) >= 11 is 0. The van der Waals surface area contributed by atoms with Gasteiger partial charge in [-0.15, -0.1) is 0 Å². The van der Waals surface area contributed by atoms with E-state index in [0.29, 0.717) is 28.5 Å². The monoisotopic (exact) mass is 571 g/mol. The van der Waals surface area contributed by atoms with Crippen molar-refractivity contribution in [2.45, 2.75) is 19.4 Å². The normalized spacial score (nSPS) is 14.3. The minimum absolute atomic E-state index is 0.288. The Morgan fingerprint density at radius 3 is 2.16 bits per heavy atom. The molecule has 4 aromatic rings. The zero-order valence-corrected chi connectivity index (χ0v) is 24.3. The molecule has 1 atom stereocenters. The van der Waals surface area contributed by atoms with Crippen molar-refractivity contribution in [2.75, 3.05) is 29.2 Å². The van der Waals surface area contributed by atoms with Crippen LogP contribution < -0.4 is 20.4 Å². The van der Waals surface area contributed by atoms with Gasteiger partial charge in [0.25, 0.3) is 11.8 Å². The summed E-state index contributed by atoms with van der Waals surface area (Å²) < 4.78 is 0. The molecule has 0 radical (unpaired) electrons. The Balaban J connectivity index is 1.38. The Morgan fingerprint density at radius 1 is 0.860 bits per heavy atom. The van der Waals surface area contributed by atoms with Crippen LogP contribution in [0.15, 0.2) is 120 Å². The van der Waals surface area contributed by atoms with E-state index in [2.05, 4.69) is 15.6 Å². The second kappa shape index (κ2) is 13.0. The molecule has 8 heteroatoms. The SMILES string of the molecule is CC1=N/C(=C\c2ccc(N(C)C)cc2)C(=O)N1c1ccccc1NC(=O)C(Cc1ccccc1)NC(=O)c1ccccc1. The zero-order chi connectivity index (χ0) is 30.3. The van der Waals surface area contributed by atoms with E-state index >= 15 is 0 Å². The Kier molecular flexibility index (Phi) is 8.77. The topological polar surface area (TPSA) is 94.1 Å². The van der Waals surface area contributed by atoms with Gasteiger partial charge in [0.2, 0.25) is 5.91 Å². The predicted molar refractivity (Wildman–Crippen MR) is 172 cm³/mol. The summed E-state index contributed by atoms with van der Waals surface area (Å²) in [6.07, 6.45) is 2.04. The Hall–Kier alpha value is -5.50. The Labute approximate surface area is 251 Å². The summed E-state index contributed by atoms with van der Waals surface area (Å²) in [5, 5.41) is 5.85. The van der Waals surface area contributed by atoms with Crippen LogP contribution in [0.2, 0.25) is 0 Å². The molecule has 0 bridgehead atoms. The second-order valence-electron chi connectivity index (χ2n) is 10.4. The van der Waals surface area contributed by atoms with Crippen molar-refractivity contribution in [3.63, 3.8) is 0 Å². The number of carbonyl (C=O) groups is 3. The van der Waals surface area contributed by atoms with Gasteiger partial charge in [-0.3, -0.25) is 19.3 Å². The van der Waals surface area contributed by atoms with Crippen molar-refractivity contribution in [3.8, 4) is 0 Å². The number of nitrogens with one attached hydrogen (secondary N) is 2. The van der Waals surface area contributed by atoms with Crippen LogP contribution in [-0.4, -0.2) is 43.7 Å². The molecule has 1 aliphatic heterocycles. The highest BCUT2D eigenvalue weighted by atomic mass is 16.2. The molecule has 5 rings (SSSR count). The second-order valence-corrected chi connectivity index (χ2v) is 10.4. The van der Waals surface area contributed by atoms with Gasteiger partial charge in [-0.25, -0.2) is 4.99 Å². The molecule has 1 aliphatic rings. The van der Waals surface area contributed by atoms with Crippen LogP contribution in [0.25, 0.3) is 6.08 Å². The number of para-hydroxylation sites is 2. The molecule has 0 aromatic heterocycles. The molecule has 8 nitrogen and oxygen atoms in total. The third-order valence-corrected chi connectivity index (χ3v) is 7.08. The van der Waals surface area contributed by atoms with Crippen LogP contribution in [0.4, 0.5) is 17.1 Å². The molecule has 1 unspecified atom stereocenters. The van der Waals surface area contributed by atoms with Crippen LogP contribution >= 0.6 is 0 Å². The van der Waals surface area contributed by atoms with Gasteiger partial charge in [0.05, 0.1) is 11.4 Å². The molecule has 0 aliphatic carbocycles. The average molecular weight is 572 g/mol. The van der Waals surface area contributed by atoms with Gasteiger partial charge < -0.3 is 15.5 Å². The maximum absolute atomic E-state index is 13.7. The third kappa shape index (κ3) is 6.87. The lowest BCUT2D eigenvalue weighted by atomic mass is 10.0. The highest BCUT2D eigenvalue weighted by Crippen LogP contribution is 2.31. The molecule has 1 heterocycles. The van der Waals surface area contributed by atoms with E-state index in [9.17, 15) is 14.4 Å². The molecular formula is C35H33N5O3. The summed E-state index contributed by atoms with van der Waals surface area (Å²) in [7, 11) is 3.94. The fraction of sp³-hybridized carbons (Fsp3) is 0.143. The van der Waals surface area contributed by atoms with E-state index in [1.54, 1.807) is 61.5 Å². The van der Waals surface area contributed by atoms with Crippen LogP contribution in [0.3, 0.4) is 0 Å². The molecular weight excluding hydrogens is 538 g/mol. The van der Waals surface area contributed by atoms with Crippen molar-refractivity contribution in [2.24, 2.45) is 4.99 Å². The number of hydrogen-bond acceptors (Lipinski definition) is 5. The number of anilines is 3. The van der Waals surface area contributed by atoms with E-state index in [0.717, 1.165) is 16.8 Å². The Bertz CT molecular complexity index is 1680. The number of amides is 3. The number of benzene rings is 4. The van der Waals surface area contributed by atoms with Crippen LogP contribution in [0.1, 0.15) is 28.4 Å². The molecule has 2 N–H and O–H groups in total. The predicted octanol–water partition coefficient (Wildman–Crippen LogP) is 5.54. The van der Waals surface area contributed by atoms with Gasteiger partial charge in [0.1, 0.15) is 17.6 Å². The van der Waals surface area contributed by atoms with Gasteiger partial charge in [0, 0.05) is 31.8 Å². The molecule has 0 saturated carbocycles. The molecule has 4 aromatic carbocycles. The van der Waals surface area contributed by atoms with Crippen LogP contribution in [0, 0.1) is 0 Å². The summed E-state index contributed by atoms with van der Waals surface area (Å²) in [5.41, 5.74) is 4.48. The largest absolute Gasteiger partial charge is 0.378 e. The highest BCUT2D eigenvalue weighted by Gasteiger charge is 2.31. The molecule has 0 fully saturated rings. The number of aliphatic imine (C=N–C) groups is 1. The lowest BCUT2D eigenvalue weighted by Gasteiger charge is -2.23. The van der Waals surface area contributed by atoms with Gasteiger partial charge in [-0.2, -0.15) is 0 Å². The minimum Gasteiger partial charge on any atom is -0.378 e. The first-order chi connectivity index (χ1) is 20.8. The molecule has 43 heavy (non-hydrogen) atoms. The lowest BCUT2D eigenvalue weighted by molar-refractivity contribution is -0.118. The summed E-state index contributed by atoms with van der Waals surface area (Å²) in [6.45, 7) is 1.75. The first-order valence-corrected chi connectivity index (χ1v) is 14.0. The van der Waals surface area contributed by atoms with E-state index in [4.69, 9.17) is 0 Å². The summed E-state index contributed by atoms with van der Waals surface area (Å²) in [5.74, 6) is -0.565. The lowest BCUT2D eigenvalue weighted by Crippen LogP contribution is -2.45. The molecule has 216 valence electrons. The average Bonchev–Trinajstić information content (AvgIpc) is 3.29. The number of amidine groups is 1. The van der Waals surface area contributed by atoms with Crippen molar-refractivity contribution in [1.29, 1.82) is 0 Å². The minimum atomic E-state index is -0.868. The van der Waals surface area contributed by atoms with Crippen molar-refractivity contribution in [1.82, 2.24) is 5.32 Å². The van der Waals surface area contributed by atoms with Crippen molar-refractivity contribution < 1.29 is 14.4 Å². The first kappa shape index (κ1) is 29.0. The van der Waals surface area contributed by atoms with Gasteiger partial charge >= 0.3 is 0 Å². The zero-order valence-electron chi connectivity index (χ0n) is 24.3.